The number of hydrogen-bond donors (Lipinski definition) is 2. The maximum absolute atomic E-state index is 11.8. The van der Waals surface area contributed by atoms with Crippen molar-refractivity contribution in [3.8, 4) is 0 Å². The van der Waals surface area contributed by atoms with Crippen LogP contribution < -0.4 is 10.6 Å². The molecular weight excluding hydrogens is 451 g/mol. The van der Waals surface area contributed by atoms with Crippen LogP contribution in [0.1, 0.15) is 39.2 Å². The standard InChI is InChI=1S/C18H29ClN4O.HI/c1-5-14(3)22-17(24)11-12-21-18(20-6-2)23(4)13-15-7-9-16(19)10-8-15;/h7-10,14H,5-6,11-13H2,1-4H3,(H,20,21)(H,22,24);1H. The molecule has 0 aliphatic carbocycles. The Morgan fingerprint density at radius 2 is 1.92 bits per heavy atom. The molecule has 1 rings (SSSR count). The summed E-state index contributed by atoms with van der Waals surface area (Å²) in [6.07, 6.45) is 1.33. The predicted octanol–water partition coefficient (Wildman–Crippen LogP) is 3.66. The number of rotatable bonds is 8. The van der Waals surface area contributed by atoms with Crippen LogP contribution in [0.25, 0.3) is 0 Å². The van der Waals surface area contributed by atoms with Crippen LogP contribution >= 0.6 is 35.6 Å². The first-order valence-electron chi connectivity index (χ1n) is 8.49. The van der Waals surface area contributed by atoms with E-state index in [1.54, 1.807) is 0 Å². The minimum atomic E-state index is 0. The minimum Gasteiger partial charge on any atom is -0.357 e. The molecule has 0 aliphatic rings. The lowest BCUT2D eigenvalue weighted by atomic mass is 10.2. The maximum atomic E-state index is 11.8. The molecule has 0 saturated carbocycles. The molecule has 0 spiro atoms. The van der Waals surface area contributed by atoms with Gasteiger partial charge < -0.3 is 15.5 Å². The fourth-order valence-corrected chi connectivity index (χ4v) is 2.25. The van der Waals surface area contributed by atoms with Gasteiger partial charge in [-0.25, -0.2) is 0 Å². The van der Waals surface area contributed by atoms with Gasteiger partial charge in [-0.05, 0) is 38.0 Å². The van der Waals surface area contributed by atoms with Crippen LogP contribution in [-0.2, 0) is 11.3 Å². The SMILES string of the molecule is CCNC(=NCCC(=O)NC(C)CC)N(C)Cc1ccc(Cl)cc1.I. The first-order chi connectivity index (χ1) is 11.5. The van der Waals surface area contributed by atoms with Crippen LogP contribution in [0.15, 0.2) is 29.3 Å². The Kier molecular flexibility index (Phi) is 12.7. The minimum absolute atomic E-state index is 0. The highest BCUT2D eigenvalue weighted by molar-refractivity contribution is 14.0. The second-order valence-electron chi connectivity index (χ2n) is 5.84. The average molecular weight is 481 g/mol. The molecular formula is C18H30ClIN4O. The van der Waals surface area contributed by atoms with E-state index in [2.05, 4.69) is 22.5 Å². The molecule has 0 heterocycles. The average Bonchev–Trinajstić information content (AvgIpc) is 2.56. The number of nitrogens with zero attached hydrogens (tertiary/aromatic N) is 2. The van der Waals surface area contributed by atoms with E-state index in [0.717, 1.165) is 36.1 Å². The van der Waals surface area contributed by atoms with Gasteiger partial charge in [-0.2, -0.15) is 0 Å². The summed E-state index contributed by atoms with van der Waals surface area (Å²) in [4.78, 5) is 18.4. The van der Waals surface area contributed by atoms with Gasteiger partial charge in [0.1, 0.15) is 0 Å². The van der Waals surface area contributed by atoms with Crippen LogP contribution in [-0.4, -0.2) is 42.9 Å². The molecule has 1 atom stereocenters. The van der Waals surface area contributed by atoms with Crippen molar-refractivity contribution in [2.45, 2.75) is 46.2 Å². The maximum Gasteiger partial charge on any atom is 0.222 e. The zero-order valence-corrected chi connectivity index (χ0v) is 18.6. The smallest absolute Gasteiger partial charge is 0.222 e. The summed E-state index contributed by atoms with van der Waals surface area (Å²) in [7, 11) is 1.98. The molecule has 0 aromatic heterocycles. The number of nitrogens with one attached hydrogen (secondary N) is 2. The first kappa shape index (κ1) is 24.0. The van der Waals surface area contributed by atoms with Gasteiger partial charge in [0.25, 0.3) is 0 Å². The van der Waals surface area contributed by atoms with Crippen molar-refractivity contribution in [2.24, 2.45) is 4.99 Å². The molecule has 1 aromatic carbocycles. The zero-order valence-electron chi connectivity index (χ0n) is 15.5. The molecule has 5 nitrogen and oxygen atoms in total. The molecule has 25 heavy (non-hydrogen) atoms. The highest BCUT2D eigenvalue weighted by Crippen LogP contribution is 2.11. The number of carbonyl (C=O) groups excluding carboxylic acids is 1. The van der Waals surface area contributed by atoms with Crippen molar-refractivity contribution < 1.29 is 4.79 Å². The predicted molar refractivity (Wildman–Crippen MR) is 117 cm³/mol. The second kappa shape index (κ2) is 13.2. The first-order valence-corrected chi connectivity index (χ1v) is 8.87. The molecule has 0 radical (unpaired) electrons. The third kappa shape index (κ3) is 9.89. The zero-order chi connectivity index (χ0) is 17.9. The Hall–Kier alpha value is -1.02. The van der Waals surface area contributed by atoms with Gasteiger partial charge in [0.15, 0.2) is 5.96 Å². The van der Waals surface area contributed by atoms with Crippen LogP contribution in [0, 0.1) is 0 Å². The number of benzene rings is 1. The molecule has 1 aromatic rings. The summed E-state index contributed by atoms with van der Waals surface area (Å²) >= 11 is 5.92. The Labute approximate surface area is 173 Å². The van der Waals surface area contributed by atoms with E-state index in [1.165, 1.54) is 0 Å². The lowest BCUT2D eigenvalue weighted by Crippen LogP contribution is -2.39. The van der Waals surface area contributed by atoms with Crippen molar-refractivity contribution in [3.63, 3.8) is 0 Å². The molecule has 0 aliphatic heterocycles. The summed E-state index contributed by atoms with van der Waals surface area (Å²) < 4.78 is 0. The topological polar surface area (TPSA) is 56.7 Å². The van der Waals surface area contributed by atoms with Gasteiger partial charge in [-0.1, -0.05) is 30.7 Å². The van der Waals surface area contributed by atoms with Gasteiger partial charge in [0, 0.05) is 37.6 Å². The molecule has 142 valence electrons. The number of amides is 1. The van der Waals surface area contributed by atoms with E-state index in [4.69, 9.17) is 11.6 Å². The van der Waals surface area contributed by atoms with Crippen molar-refractivity contribution in [3.05, 3.63) is 34.9 Å². The Morgan fingerprint density at radius 3 is 2.48 bits per heavy atom. The fourth-order valence-electron chi connectivity index (χ4n) is 2.12. The Balaban J connectivity index is 0.00000576. The van der Waals surface area contributed by atoms with Crippen LogP contribution in [0.2, 0.25) is 5.02 Å². The fraction of sp³-hybridized carbons (Fsp3) is 0.556. The van der Waals surface area contributed by atoms with Gasteiger partial charge in [0.05, 0.1) is 6.54 Å². The lowest BCUT2D eigenvalue weighted by Gasteiger charge is -2.22. The summed E-state index contributed by atoms with van der Waals surface area (Å²) in [5.41, 5.74) is 1.15. The van der Waals surface area contributed by atoms with Crippen molar-refractivity contribution >= 4 is 47.4 Å². The molecule has 0 fully saturated rings. The highest BCUT2D eigenvalue weighted by atomic mass is 127. The van der Waals surface area contributed by atoms with Gasteiger partial charge in [-0.15, -0.1) is 24.0 Å². The van der Waals surface area contributed by atoms with Crippen molar-refractivity contribution in [1.29, 1.82) is 0 Å². The molecule has 0 saturated heterocycles. The molecule has 7 heteroatoms. The number of aliphatic imine (C=N–C) groups is 1. The van der Waals surface area contributed by atoms with E-state index in [0.29, 0.717) is 13.0 Å². The van der Waals surface area contributed by atoms with Crippen LogP contribution in [0.5, 0.6) is 0 Å². The van der Waals surface area contributed by atoms with Gasteiger partial charge in [-0.3, -0.25) is 9.79 Å². The van der Waals surface area contributed by atoms with Gasteiger partial charge in [0.2, 0.25) is 5.91 Å². The molecule has 2 N–H and O–H groups in total. The van der Waals surface area contributed by atoms with Crippen LogP contribution in [0.4, 0.5) is 0 Å². The van der Waals surface area contributed by atoms with Crippen molar-refractivity contribution in [2.75, 3.05) is 20.1 Å². The summed E-state index contributed by atoms with van der Waals surface area (Å²) in [5.74, 6) is 0.841. The van der Waals surface area contributed by atoms with E-state index in [1.807, 2.05) is 50.1 Å². The van der Waals surface area contributed by atoms with E-state index in [-0.39, 0.29) is 35.9 Å². The Bertz CT molecular complexity index is 536. The van der Waals surface area contributed by atoms with Crippen LogP contribution in [0.3, 0.4) is 0 Å². The molecule has 0 bridgehead atoms. The van der Waals surface area contributed by atoms with Crippen molar-refractivity contribution in [1.82, 2.24) is 15.5 Å². The summed E-state index contributed by atoms with van der Waals surface area (Å²) in [5, 5.41) is 6.94. The summed E-state index contributed by atoms with van der Waals surface area (Å²) in [6.45, 7) is 8.06. The van der Waals surface area contributed by atoms with Gasteiger partial charge >= 0.3 is 0 Å². The Morgan fingerprint density at radius 1 is 1.28 bits per heavy atom. The largest absolute Gasteiger partial charge is 0.357 e. The van der Waals surface area contributed by atoms with E-state index in [9.17, 15) is 4.79 Å². The van der Waals surface area contributed by atoms with E-state index < -0.39 is 0 Å². The number of hydrogen-bond acceptors (Lipinski definition) is 2. The monoisotopic (exact) mass is 480 g/mol. The van der Waals surface area contributed by atoms with E-state index >= 15 is 0 Å². The number of guanidine groups is 1. The summed E-state index contributed by atoms with van der Waals surface area (Å²) in [6, 6.07) is 7.98. The third-order valence-electron chi connectivity index (χ3n) is 3.65. The normalized spacial score (nSPS) is 12.1. The third-order valence-corrected chi connectivity index (χ3v) is 3.90. The number of carbonyl (C=O) groups is 1. The molecule has 1 unspecified atom stereocenters. The highest BCUT2D eigenvalue weighted by Gasteiger charge is 2.08. The second-order valence-corrected chi connectivity index (χ2v) is 6.28. The molecule has 1 amide bonds. The number of halogens is 2. The lowest BCUT2D eigenvalue weighted by molar-refractivity contribution is -0.121. The quantitative estimate of drug-likeness (QED) is 0.339.